The van der Waals surface area contributed by atoms with E-state index in [2.05, 4.69) is 20.6 Å². The lowest BCUT2D eigenvalue weighted by Crippen LogP contribution is -2.57. The molecule has 14 nitrogen and oxygen atoms in total. The Balaban J connectivity index is 0.688. The number of fused-ring (bicyclic) bond motifs is 2. The van der Waals surface area contributed by atoms with Gasteiger partial charge in [0, 0.05) is 91.9 Å². The van der Waals surface area contributed by atoms with Gasteiger partial charge in [-0.05, 0) is 112 Å². The lowest BCUT2D eigenvalue weighted by Gasteiger charge is -2.56. The first-order chi connectivity index (χ1) is 37.0. The molecule has 11 rings (SSSR count). The van der Waals surface area contributed by atoms with Gasteiger partial charge in [-0.2, -0.15) is 5.10 Å². The molecule has 408 valence electrons. The average molecular weight is 1090 g/mol. The van der Waals surface area contributed by atoms with E-state index in [1.54, 1.807) is 7.05 Å². The van der Waals surface area contributed by atoms with Gasteiger partial charge in [-0.3, -0.25) is 29.3 Å². The van der Waals surface area contributed by atoms with E-state index in [1.165, 1.54) is 33.8 Å². The predicted molar refractivity (Wildman–Crippen MR) is 279 cm³/mol. The van der Waals surface area contributed by atoms with Crippen LogP contribution in [0, 0.1) is 34.6 Å². The highest BCUT2D eigenvalue weighted by Crippen LogP contribution is 2.57. The van der Waals surface area contributed by atoms with Crippen molar-refractivity contribution in [2.75, 3.05) is 57.4 Å². The first kappa shape index (κ1) is 52.7. The number of amides is 5. The minimum absolute atomic E-state index is 0.0324. The number of nitrogens with two attached hydrogens (primary N) is 1. The Kier molecular flexibility index (Phi) is 14.3. The van der Waals surface area contributed by atoms with Crippen molar-refractivity contribution in [2.45, 2.75) is 107 Å². The van der Waals surface area contributed by atoms with E-state index in [0.717, 1.165) is 57.2 Å². The Morgan fingerprint density at radius 1 is 0.896 bits per heavy atom. The molecule has 5 aromatic rings. The Labute approximate surface area is 447 Å². The quantitative estimate of drug-likeness (QED) is 0.0975. The van der Waals surface area contributed by atoms with Gasteiger partial charge in [-0.1, -0.05) is 48.9 Å². The number of likely N-dealkylation sites (tertiary alicyclic amines) is 2. The molecule has 5 heterocycles. The molecule has 5 fully saturated rings. The highest BCUT2D eigenvalue weighted by molar-refractivity contribution is 6.34. The molecule has 2 aliphatic carbocycles. The summed E-state index contributed by atoms with van der Waals surface area (Å²) in [4.78, 5) is 56.9. The number of nitrogens with zero attached hydrogens (tertiary/aromatic N) is 5. The van der Waals surface area contributed by atoms with Gasteiger partial charge >= 0.3 is 6.03 Å². The summed E-state index contributed by atoms with van der Waals surface area (Å²) in [7, 11) is 1.57. The van der Waals surface area contributed by atoms with Crippen molar-refractivity contribution in [1.82, 2.24) is 30.2 Å². The van der Waals surface area contributed by atoms with Crippen LogP contribution >= 0.6 is 11.6 Å². The number of alkyl halides is 1. The van der Waals surface area contributed by atoms with Crippen molar-refractivity contribution in [3.05, 3.63) is 105 Å². The summed E-state index contributed by atoms with van der Waals surface area (Å²) >= 11 is 6.71. The van der Waals surface area contributed by atoms with Crippen molar-refractivity contribution in [3.8, 4) is 22.6 Å². The smallest absolute Gasteiger partial charge is 0.329 e. The number of aryl methyl sites for hydroxylation is 1. The number of primary amides is 1. The van der Waals surface area contributed by atoms with Gasteiger partial charge in [0.2, 0.25) is 17.7 Å². The Morgan fingerprint density at radius 2 is 1.61 bits per heavy atom. The second-order valence-electron chi connectivity index (χ2n) is 22.1. The van der Waals surface area contributed by atoms with Crippen LogP contribution in [0.15, 0.2) is 54.6 Å². The van der Waals surface area contributed by atoms with Crippen LogP contribution < -0.4 is 30.7 Å². The van der Waals surface area contributed by atoms with Crippen LogP contribution in [0.5, 0.6) is 11.5 Å². The van der Waals surface area contributed by atoms with Crippen LogP contribution in [-0.2, 0) is 22.2 Å². The summed E-state index contributed by atoms with van der Waals surface area (Å²) in [6, 6.07) is 14.1. The number of nitrogens with one attached hydrogen (secondary N) is 2. The molecule has 0 bridgehead atoms. The summed E-state index contributed by atoms with van der Waals surface area (Å²) in [6.07, 6.45) is 8.12. The normalized spacial score (nSPS) is 24.0. The third kappa shape index (κ3) is 9.36. The van der Waals surface area contributed by atoms with Crippen molar-refractivity contribution in [3.63, 3.8) is 0 Å². The summed E-state index contributed by atoms with van der Waals surface area (Å²) in [5, 5.41) is 10.1. The number of halogens is 6. The maximum Gasteiger partial charge on any atom is 0.329 e. The second kappa shape index (κ2) is 20.8. The van der Waals surface area contributed by atoms with Gasteiger partial charge in [0.15, 0.2) is 28.8 Å². The number of hydrogen-bond donors (Lipinski definition) is 3. The summed E-state index contributed by atoms with van der Waals surface area (Å²) < 4.78 is 91.1. The maximum atomic E-state index is 16.5. The molecule has 4 aromatic carbocycles. The lowest BCUT2D eigenvalue weighted by atomic mass is 9.59. The van der Waals surface area contributed by atoms with Gasteiger partial charge in [0.1, 0.15) is 36.2 Å². The number of ether oxygens (including phenoxy) is 2. The summed E-state index contributed by atoms with van der Waals surface area (Å²) in [5.41, 5.74) is 5.39. The average Bonchev–Trinajstić information content (AvgIpc) is 4.01. The number of rotatable bonds is 13. The van der Waals surface area contributed by atoms with E-state index in [9.17, 15) is 23.6 Å². The third-order valence-corrected chi connectivity index (χ3v) is 18.2. The fourth-order valence-electron chi connectivity index (χ4n) is 13.6. The van der Waals surface area contributed by atoms with Gasteiger partial charge in [-0.25, -0.2) is 26.7 Å². The Bertz CT molecular complexity index is 3150. The van der Waals surface area contributed by atoms with Crippen LogP contribution in [0.3, 0.4) is 0 Å². The maximum absolute atomic E-state index is 16.5. The minimum atomic E-state index is -1.14. The van der Waals surface area contributed by atoms with Crippen molar-refractivity contribution in [2.24, 2.45) is 24.1 Å². The molecule has 0 radical (unpaired) electrons. The lowest BCUT2D eigenvalue weighted by molar-refractivity contribution is -0.141. The Hall–Kier alpha value is -6.31. The van der Waals surface area contributed by atoms with E-state index in [0.29, 0.717) is 50.4 Å². The zero-order valence-electron chi connectivity index (χ0n) is 43.0. The number of urea groups is 1. The number of piperidine rings is 2. The van der Waals surface area contributed by atoms with Crippen LogP contribution in [0.1, 0.15) is 116 Å². The molecule has 4 N–H and O–H groups in total. The van der Waals surface area contributed by atoms with Crippen LogP contribution in [0.25, 0.3) is 22.0 Å². The number of benzene rings is 4. The van der Waals surface area contributed by atoms with Crippen LogP contribution in [0.4, 0.5) is 32.6 Å². The Morgan fingerprint density at radius 3 is 2.29 bits per heavy atom. The molecular weight excluding hydrogens is 1020 g/mol. The van der Waals surface area contributed by atoms with Crippen molar-refractivity contribution in [1.29, 1.82) is 0 Å². The largest absolute Gasteiger partial charge is 0.488 e. The zero-order valence-corrected chi connectivity index (χ0v) is 43.8. The van der Waals surface area contributed by atoms with Crippen molar-refractivity contribution < 1.29 is 50.6 Å². The molecule has 2 atom stereocenters. The minimum Gasteiger partial charge on any atom is -0.488 e. The van der Waals surface area contributed by atoms with Gasteiger partial charge in [0.05, 0.1) is 16.0 Å². The van der Waals surface area contributed by atoms with Gasteiger partial charge in [0.25, 0.3) is 0 Å². The van der Waals surface area contributed by atoms with E-state index < -0.39 is 70.9 Å². The number of carbonyl (C=O) groups is 4. The van der Waals surface area contributed by atoms with E-state index >= 15 is 17.6 Å². The molecule has 1 aromatic heterocycles. The summed E-state index contributed by atoms with van der Waals surface area (Å²) in [5.74, 6) is -5.56. The molecule has 20 heteroatoms. The van der Waals surface area contributed by atoms with Gasteiger partial charge < -0.3 is 30.3 Å². The van der Waals surface area contributed by atoms with E-state index in [4.69, 9.17) is 26.8 Å². The second-order valence-corrected chi connectivity index (χ2v) is 22.4. The first-order valence-electron chi connectivity index (χ1n) is 26.8. The number of anilines is 1. The fourth-order valence-corrected chi connectivity index (χ4v) is 13.9. The molecule has 2 unspecified atom stereocenters. The molecule has 1 spiro atoms. The molecule has 3 saturated heterocycles. The highest BCUT2D eigenvalue weighted by Gasteiger charge is 2.52. The number of aromatic nitrogens is 2. The molecule has 5 amide bonds. The monoisotopic (exact) mass is 1080 g/mol. The third-order valence-electron chi connectivity index (χ3n) is 17.9. The van der Waals surface area contributed by atoms with Crippen LogP contribution in [0.2, 0.25) is 5.02 Å². The first-order valence-corrected chi connectivity index (χ1v) is 27.2. The standard InChI is InChI=1S/C57H62ClF5N8O6/c1-31-44-42(27-40(61)48(58)47(44)46-37(52(64)73)12-13-41(49(46)62)76-25-19-59)77-57(31,34-6-4-3-5-7-34)30-65-35-10-8-33(9-11-35)54(74)70-23-17-56(18-24-70)28-36(29-56)69-20-14-32(15-21-69)45-39(60)26-38-51(50(45)63)68(2)67-53(38)71-22-16-43(72)66-55(71)75/h3-7,12-13,26-27,31-33,35-36,65H,8-11,14-25,28-30H2,1-2H3,(H2,64,73)(H,66,72,75). The summed E-state index contributed by atoms with van der Waals surface area (Å²) in [6.45, 7) is 3.75. The molecular formula is C57H62ClF5N8O6. The number of carbonyl (C=O) groups excluding carboxylic acids is 4. The molecule has 4 aliphatic heterocycles. The topological polar surface area (TPSA) is 164 Å². The van der Waals surface area contributed by atoms with Crippen molar-refractivity contribution >= 4 is 52.1 Å². The fraction of sp³-hybridized carbons (Fsp3) is 0.491. The predicted octanol–water partition coefficient (Wildman–Crippen LogP) is 9.53. The number of hydrogen-bond acceptors (Lipinski definition) is 9. The SMILES string of the molecule is CC1c2c(cc(F)c(Cl)c2-c2c(C(N)=O)ccc(OCCF)c2F)OC1(CNC1CCC(C(=O)N2CCC3(CC2)CC(N2CCC(c4c(F)cc5c(N6CCC(=O)NC6=O)nn(C)c5c4F)CC2)C3)CC1)c1ccccc1. The molecule has 6 aliphatic rings. The molecule has 2 saturated carbocycles. The number of imide groups is 1. The van der Waals surface area contributed by atoms with Crippen LogP contribution in [-0.4, -0.2) is 108 Å². The van der Waals surface area contributed by atoms with E-state index in [-0.39, 0.29) is 99.2 Å². The zero-order chi connectivity index (χ0) is 54.1. The highest BCUT2D eigenvalue weighted by atomic mass is 35.5. The molecule has 77 heavy (non-hydrogen) atoms. The van der Waals surface area contributed by atoms with E-state index in [1.807, 2.05) is 42.2 Å². The van der Waals surface area contributed by atoms with Gasteiger partial charge in [-0.15, -0.1) is 0 Å².